The lowest BCUT2D eigenvalue weighted by atomic mass is 10.0. The number of carbonyl (C=O) groups excluding carboxylic acids is 1. The van der Waals surface area contributed by atoms with Crippen LogP contribution in [-0.4, -0.2) is 93.0 Å². The molecular formula is C27H53N5O3. The summed E-state index contributed by atoms with van der Waals surface area (Å²) in [5.41, 5.74) is 12.5. The van der Waals surface area contributed by atoms with Gasteiger partial charge in [-0.25, -0.2) is 0 Å². The zero-order chi connectivity index (χ0) is 26.7. The third-order valence-corrected chi connectivity index (χ3v) is 5.56. The minimum atomic E-state index is -0.318. The predicted molar refractivity (Wildman–Crippen MR) is 147 cm³/mol. The lowest BCUT2D eigenvalue weighted by Crippen LogP contribution is -2.48. The molecule has 1 heterocycles. The Morgan fingerprint density at radius 3 is 2.26 bits per heavy atom. The molecule has 0 saturated carbocycles. The summed E-state index contributed by atoms with van der Waals surface area (Å²) in [6.45, 7) is 24.5. The number of primary amides is 1. The molecule has 204 valence electrons. The Bertz CT molecular complexity index is 626. The fraction of sp³-hybridized carbons (Fsp3) is 0.741. The fourth-order valence-electron chi connectivity index (χ4n) is 3.24. The average molecular weight is 496 g/mol. The van der Waals surface area contributed by atoms with E-state index in [0.717, 1.165) is 45.7 Å². The number of hydrogen-bond donors (Lipinski definition) is 3. The number of amides is 1. The third kappa shape index (κ3) is 19.3. The summed E-state index contributed by atoms with van der Waals surface area (Å²) < 4.78 is 10.7. The van der Waals surface area contributed by atoms with Crippen molar-refractivity contribution in [3.8, 4) is 0 Å². The second kappa shape index (κ2) is 19.6. The van der Waals surface area contributed by atoms with Gasteiger partial charge in [0.1, 0.15) is 0 Å². The summed E-state index contributed by atoms with van der Waals surface area (Å²) in [6, 6.07) is 0.718. The van der Waals surface area contributed by atoms with Gasteiger partial charge in [-0.3, -0.25) is 20.5 Å². The molecular weight excluding hydrogens is 442 g/mol. The maximum atomic E-state index is 9.90. The topological polar surface area (TPSA) is 92.1 Å². The quantitative estimate of drug-likeness (QED) is 0.224. The molecule has 1 rings (SSSR count). The van der Waals surface area contributed by atoms with Gasteiger partial charge in [0.15, 0.2) is 0 Å². The molecule has 0 radical (unpaired) electrons. The summed E-state index contributed by atoms with van der Waals surface area (Å²) in [5.74, 6) is -0.318. The SMILES string of the molecule is C=C/C(=C\C=C/C)CN1CCN(CCC(C)(C)OCC(C)NNC(C)C)CC1.COCCC(N)=O. The summed E-state index contributed by atoms with van der Waals surface area (Å²) in [6.07, 6.45) is 9.64. The van der Waals surface area contributed by atoms with Crippen LogP contribution >= 0.6 is 0 Å². The molecule has 1 aliphatic rings. The number of carbonyl (C=O) groups is 1. The molecule has 0 aliphatic carbocycles. The number of nitrogens with two attached hydrogens (primary N) is 1. The summed E-state index contributed by atoms with van der Waals surface area (Å²) in [7, 11) is 1.53. The van der Waals surface area contributed by atoms with E-state index >= 15 is 0 Å². The van der Waals surface area contributed by atoms with Crippen LogP contribution in [0.15, 0.2) is 36.5 Å². The maximum Gasteiger partial charge on any atom is 0.219 e. The highest BCUT2D eigenvalue weighted by Gasteiger charge is 2.23. The van der Waals surface area contributed by atoms with E-state index in [2.05, 4.69) is 84.8 Å². The summed E-state index contributed by atoms with van der Waals surface area (Å²) in [4.78, 5) is 15.0. The van der Waals surface area contributed by atoms with Crippen molar-refractivity contribution in [3.63, 3.8) is 0 Å². The molecule has 1 saturated heterocycles. The van der Waals surface area contributed by atoms with Crippen molar-refractivity contribution >= 4 is 5.91 Å². The molecule has 1 unspecified atom stereocenters. The summed E-state index contributed by atoms with van der Waals surface area (Å²) >= 11 is 0. The number of ether oxygens (including phenoxy) is 2. The zero-order valence-corrected chi connectivity index (χ0v) is 23.4. The highest BCUT2D eigenvalue weighted by Crippen LogP contribution is 2.17. The number of hydrogen-bond acceptors (Lipinski definition) is 7. The predicted octanol–water partition coefficient (Wildman–Crippen LogP) is 2.88. The van der Waals surface area contributed by atoms with Crippen LogP contribution in [0.5, 0.6) is 0 Å². The van der Waals surface area contributed by atoms with Crippen LogP contribution < -0.4 is 16.6 Å². The van der Waals surface area contributed by atoms with Crippen molar-refractivity contribution < 1.29 is 14.3 Å². The van der Waals surface area contributed by atoms with E-state index in [-0.39, 0.29) is 11.5 Å². The van der Waals surface area contributed by atoms with Gasteiger partial charge in [0.2, 0.25) is 5.91 Å². The van der Waals surface area contributed by atoms with Gasteiger partial charge in [0.05, 0.1) is 18.8 Å². The number of nitrogens with zero attached hydrogens (tertiary/aromatic N) is 2. The first kappa shape index (κ1) is 33.4. The standard InChI is InChI=1S/C23H44N4O.C4H9NO2/c1-8-10-11-22(9-2)18-27-16-14-26(15-17-27)13-12-23(6,7)28-19-21(5)25-24-20(3)4;1-7-3-2-4(5)6/h8-11,20-21,24-25H,2,12-19H2,1,3-7H3;2-3H2,1H3,(H2,5,6)/b10-8-,22-11+;. The highest BCUT2D eigenvalue weighted by molar-refractivity contribution is 5.73. The van der Waals surface area contributed by atoms with Crippen LogP contribution in [0.2, 0.25) is 0 Å². The van der Waals surface area contributed by atoms with Gasteiger partial charge >= 0.3 is 0 Å². The van der Waals surface area contributed by atoms with Crippen molar-refractivity contribution in [2.45, 2.75) is 72.1 Å². The Balaban J connectivity index is 0.00000143. The molecule has 4 N–H and O–H groups in total. The number of allylic oxidation sites excluding steroid dienone is 3. The molecule has 1 fully saturated rings. The molecule has 0 aromatic carbocycles. The van der Waals surface area contributed by atoms with Crippen LogP contribution in [0.4, 0.5) is 0 Å². The van der Waals surface area contributed by atoms with E-state index in [9.17, 15) is 4.79 Å². The molecule has 0 bridgehead atoms. The van der Waals surface area contributed by atoms with Gasteiger partial charge in [-0.2, -0.15) is 0 Å². The van der Waals surface area contributed by atoms with E-state index in [0.29, 0.717) is 31.7 Å². The second-order valence-corrected chi connectivity index (χ2v) is 9.96. The van der Waals surface area contributed by atoms with Crippen molar-refractivity contribution in [3.05, 3.63) is 36.5 Å². The van der Waals surface area contributed by atoms with Crippen LogP contribution in [0, 0.1) is 0 Å². The van der Waals surface area contributed by atoms with Gasteiger partial charge in [-0.05, 0) is 53.5 Å². The van der Waals surface area contributed by atoms with Crippen molar-refractivity contribution in [1.29, 1.82) is 0 Å². The molecule has 0 spiro atoms. The Kier molecular flexibility index (Phi) is 18.7. The molecule has 1 atom stereocenters. The Morgan fingerprint density at radius 2 is 1.77 bits per heavy atom. The summed E-state index contributed by atoms with van der Waals surface area (Å²) in [5, 5.41) is 0. The second-order valence-electron chi connectivity index (χ2n) is 9.96. The van der Waals surface area contributed by atoms with E-state index in [1.807, 2.05) is 13.0 Å². The Morgan fingerprint density at radius 1 is 1.14 bits per heavy atom. The molecule has 8 nitrogen and oxygen atoms in total. The van der Waals surface area contributed by atoms with Crippen LogP contribution in [0.1, 0.15) is 54.4 Å². The van der Waals surface area contributed by atoms with Crippen LogP contribution in [-0.2, 0) is 14.3 Å². The first-order valence-corrected chi connectivity index (χ1v) is 12.8. The molecule has 1 aliphatic heterocycles. The smallest absolute Gasteiger partial charge is 0.219 e. The average Bonchev–Trinajstić information content (AvgIpc) is 2.82. The minimum Gasteiger partial charge on any atom is -0.384 e. The lowest BCUT2D eigenvalue weighted by Gasteiger charge is -2.37. The number of hydrazine groups is 1. The van der Waals surface area contributed by atoms with Gasteiger partial charge in [0.25, 0.3) is 0 Å². The molecule has 1 amide bonds. The minimum absolute atomic E-state index is 0.101. The first-order valence-electron chi connectivity index (χ1n) is 12.8. The third-order valence-electron chi connectivity index (χ3n) is 5.56. The number of methoxy groups -OCH3 is 1. The highest BCUT2D eigenvalue weighted by atomic mass is 16.5. The fourth-order valence-corrected chi connectivity index (χ4v) is 3.24. The molecule has 0 aromatic rings. The maximum absolute atomic E-state index is 9.90. The molecule has 0 aromatic heterocycles. The Hall–Kier alpha value is -1.55. The van der Waals surface area contributed by atoms with E-state index in [4.69, 9.17) is 10.5 Å². The first-order chi connectivity index (χ1) is 16.5. The van der Waals surface area contributed by atoms with Crippen molar-refractivity contribution in [1.82, 2.24) is 20.7 Å². The van der Waals surface area contributed by atoms with Gasteiger partial charge in [0, 0.05) is 64.9 Å². The van der Waals surface area contributed by atoms with Gasteiger partial charge in [-0.15, -0.1) is 0 Å². The van der Waals surface area contributed by atoms with E-state index in [1.165, 1.54) is 12.7 Å². The van der Waals surface area contributed by atoms with E-state index in [1.54, 1.807) is 0 Å². The normalized spacial score (nSPS) is 16.9. The monoisotopic (exact) mass is 495 g/mol. The lowest BCUT2D eigenvalue weighted by molar-refractivity contribution is -0.118. The Labute approximate surface area is 214 Å². The van der Waals surface area contributed by atoms with E-state index < -0.39 is 0 Å². The van der Waals surface area contributed by atoms with Crippen LogP contribution in [0.3, 0.4) is 0 Å². The number of nitrogens with one attached hydrogen (secondary N) is 2. The van der Waals surface area contributed by atoms with Crippen molar-refractivity contribution in [2.24, 2.45) is 5.73 Å². The molecule has 35 heavy (non-hydrogen) atoms. The zero-order valence-electron chi connectivity index (χ0n) is 23.4. The number of piperazine rings is 1. The van der Waals surface area contributed by atoms with Crippen LogP contribution in [0.25, 0.3) is 0 Å². The van der Waals surface area contributed by atoms with Gasteiger partial charge in [-0.1, -0.05) is 30.9 Å². The largest absolute Gasteiger partial charge is 0.384 e. The molecule has 8 heteroatoms. The number of rotatable bonds is 16. The van der Waals surface area contributed by atoms with Crippen molar-refractivity contribution in [2.75, 3.05) is 59.6 Å². The van der Waals surface area contributed by atoms with Gasteiger partial charge < -0.3 is 20.1 Å².